The van der Waals surface area contributed by atoms with Crippen molar-refractivity contribution in [2.24, 2.45) is 5.10 Å². The van der Waals surface area contributed by atoms with E-state index in [2.05, 4.69) is 15.8 Å². The van der Waals surface area contributed by atoms with Gasteiger partial charge in [0, 0.05) is 18.2 Å². The van der Waals surface area contributed by atoms with E-state index < -0.39 is 4.92 Å². The quantitative estimate of drug-likeness (QED) is 0.374. The number of hydrogen-bond acceptors (Lipinski definition) is 6. The van der Waals surface area contributed by atoms with Crippen molar-refractivity contribution >= 4 is 17.8 Å². The topological polar surface area (TPSA) is 106 Å². The highest BCUT2D eigenvalue weighted by molar-refractivity contribution is 5.83. The smallest absolute Gasteiger partial charge is 0.269 e. The summed E-state index contributed by atoms with van der Waals surface area (Å²) in [7, 11) is 0. The molecule has 0 heterocycles. The number of amides is 1. The van der Waals surface area contributed by atoms with Crippen molar-refractivity contribution in [3.8, 4) is 5.75 Å². The molecule has 8 heteroatoms. The van der Waals surface area contributed by atoms with Gasteiger partial charge in [0.15, 0.2) is 0 Å². The number of benzene rings is 2. The lowest BCUT2D eigenvalue weighted by Gasteiger charge is -2.22. The number of hydrogen-bond donors (Lipinski definition) is 2. The van der Waals surface area contributed by atoms with Crippen molar-refractivity contribution in [3.63, 3.8) is 0 Å². The van der Waals surface area contributed by atoms with Crippen molar-refractivity contribution in [1.82, 2.24) is 10.7 Å². The Bertz CT molecular complexity index is 860. The first kappa shape index (κ1) is 21.4. The molecule has 2 N–H and O–H groups in total. The molecule has 3 rings (SSSR count). The number of hydrazone groups is 1. The van der Waals surface area contributed by atoms with Crippen molar-refractivity contribution in [3.05, 3.63) is 69.8 Å². The highest BCUT2D eigenvalue weighted by Gasteiger charge is 2.13. The van der Waals surface area contributed by atoms with Gasteiger partial charge in [0.05, 0.1) is 17.7 Å². The number of carbonyl (C=O) groups is 1. The van der Waals surface area contributed by atoms with Crippen molar-refractivity contribution in [2.75, 3.05) is 6.54 Å². The molecule has 1 aliphatic carbocycles. The van der Waals surface area contributed by atoms with Gasteiger partial charge in [0.25, 0.3) is 11.6 Å². The zero-order valence-corrected chi connectivity index (χ0v) is 16.8. The third kappa shape index (κ3) is 6.97. The summed E-state index contributed by atoms with van der Waals surface area (Å²) in [6, 6.07) is 14.0. The number of nitro groups is 1. The first-order valence-electron chi connectivity index (χ1n) is 10.1. The first-order chi connectivity index (χ1) is 14.6. The van der Waals surface area contributed by atoms with Crippen molar-refractivity contribution in [2.45, 2.75) is 44.8 Å². The van der Waals surface area contributed by atoms with E-state index >= 15 is 0 Å². The summed E-state index contributed by atoms with van der Waals surface area (Å²) in [5.74, 6) is 0.520. The molecule has 1 saturated carbocycles. The minimum Gasteiger partial charge on any atom is -0.489 e. The largest absolute Gasteiger partial charge is 0.489 e. The number of nitrogens with one attached hydrogen (secondary N) is 2. The van der Waals surface area contributed by atoms with Crippen LogP contribution < -0.4 is 15.5 Å². The predicted octanol–water partition coefficient (Wildman–Crippen LogP) is 3.55. The maximum atomic E-state index is 11.9. The normalized spacial score (nSPS) is 14.5. The van der Waals surface area contributed by atoms with Gasteiger partial charge in [-0.2, -0.15) is 5.10 Å². The monoisotopic (exact) mass is 410 g/mol. The maximum absolute atomic E-state index is 11.9. The number of nitro benzene ring substituents is 1. The van der Waals surface area contributed by atoms with Gasteiger partial charge in [0.1, 0.15) is 12.4 Å². The van der Waals surface area contributed by atoms with Crippen LogP contribution >= 0.6 is 0 Å². The summed E-state index contributed by atoms with van der Waals surface area (Å²) in [5.41, 5.74) is 4.26. The van der Waals surface area contributed by atoms with Gasteiger partial charge < -0.3 is 10.1 Å². The average molecular weight is 410 g/mol. The van der Waals surface area contributed by atoms with E-state index in [1.54, 1.807) is 30.5 Å². The SMILES string of the molecule is O=C(CNC1CCCCC1)N/N=C\c1ccc(OCc2ccc([N+](=O)[O-])cc2)cc1. The lowest BCUT2D eigenvalue weighted by molar-refractivity contribution is -0.384. The molecule has 0 saturated heterocycles. The minimum absolute atomic E-state index is 0.0549. The lowest BCUT2D eigenvalue weighted by atomic mass is 9.95. The third-order valence-electron chi connectivity index (χ3n) is 4.99. The molecule has 8 nitrogen and oxygen atoms in total. The minimum atomic E-state index is -0.430. The number of non-ortho nitro benzene ring substituents is 1. The average Bonchev–Trinajstić information content (AvgIpc) is 2.78. The molecule has 0 spiro atoms. The van der Waals surface area contributed by atoms with E-state index in [4.69, 9.17) is 4.74 Å². The first-order valence-corrected chi connectivity index (χ1v) is 10.1. The van der Waals surface area contributed by atoms with Crippen LogP contribution in [0.3, 0.4) is 0 Å². The van der Waals surface area contributed by atoms with Crippen LogP contribution in [0.1, 0.15) is 43.2 Å². The molecule has 2 aromatic rings. The molecule has 30 heavy (non-hydrogen) atoms. The van der Waals surface area contributed by atoms with Crippen LogP contribution in [0.5, 0.6) is 5.75 Å². The zero-order valence-electron chi connectivity index (χ0n) is 16.8. The van der Waals surface area contributed by atoms with Crippen LogP contribution in [0.15, 0.2) is 53.6 Å². The highest BCUT2D eigenvalue weighted by atomic mass is 16.6. The van der Waals surface area contributed by atoms with E-state index in [1.165, 1.54) is 31.4 Å². The fourth-order valence-electron chi connectivity index (χ4n) is 3.29. The summed E-state index contributed by atoms with van der Waals surface area (Å²) in [4.78, 5) is 22.1. The van der Waals surface area contributed by atoms with Gasteiger partial charge in [-0.1, -0.05) is 19.3 Å². The number of carbonyl (C=O) groups excluding carboxylic acids is 1. The molecular weight excluding hydrogens is 384 g/mol. The second-order valence-electron chi connectivity index (χ2n) is 7.29. The fraction of sp³-hybridized carbons (Fsp3) is 0.364. The van der Waals surface area contributed by atoms with E-state index in [-0.39, 0.29) is 18.1 Å². The van der Waals surface area contributed by atoms with Crippen LogP contribution in [-0.4, -0.2) is 29.6 Å². The van der Waals surface area contributed by atoms with Gasteiger partial charge in [-0.25, -0.2) is 5.43 Å². The van der Waals surface area contributed by atoms with Gasteiger partial charge >= 0.3 is 0 Å². The van der Waals surface area contributed by atoms with Crippen LogP contribution in [0, 0.1) is 10.1 Å². The highest BCUT2D eigenvalue weighted by Crippen LogP contribution is 2.17. The van der Waals surface area contributed by atoms with Crippen LogP contribution in [0.4, 0.5) is 5.69 Å². The van der Waals surface area contributed by atoms with Gasteiger partial charge in [0.2, 0.25) is 0 Å². The zero-order chi connectivity index (χ0) is 21.2. The van der Waals surface area contributed by atoms with E-state index in [1.807, 2.05) is 12.1 Å². The van der Waals surface area contributed by atoms with Crippen molar-refractivity contribution < 1.29 is 14.5 Å². The van der Waals surface area contributed by atoms with Gasteiger partial charge in [-0.15, -0.1) is 0 Å². The second-order valence-corrected chi connectivity index (χ2v) is 7.29. The second kappa shape index (κ2) is 11.1. The molecule has 0 aromatic heterocycles. The standard InChI is InChI=1S/C22H26N4O4/c27-22(15-23-19-4-2-1-3-5-19)25-24-14-17-8-12-21(13-9-17)30-16-18-6-10-20(11-7-18)26(28)29/h6-14,19,23H,1-5,15-16H2,(H,25,27)/b24-14-. The Hall–Kier alpha value is -3.26. The molecule has 2 aromatic carbocycles. The summed E-state index contributed by atoms with van der Waals surface area (Å²) >= 11 is 0. The third-order valence-corrected chi connectivity index (χ3v) is 4.99. The summed E-state index contributed by atoms with van der Waals surface area (Å²) < 4.78 is 5.69. The summed E-state index contributed by atoms with van der Waals surface area (Å²) in [5, 5.41) is 17.9. The lowest BCUT2D eigenvalue weighted by Crippen LogP contribution is -2.38. The Balaban J connectivity index is 1.39. The van der Waals surface area contributed by atoms with Gasteiger partial charge in [-0.3, -0.25) is 14.9 Å². The summed E-state index contributed by atoms with van der Waals surface area (Å²) in [6.07, 6.45) is 7.59. The van der Waals surface area contributed by atoms with Gasteiger partial charge in [-0.05, 0) is 60.4 Å². The molecule has 0 unspecified atom stereocenters. The molecule has 0 atom stereocenters. The van der Waals surface area contributed by atoms with Crippen molar-refractivity contribution in [1.29, 1.82) is 0 Å². The Morgan fingerprint density at radius 1 is 1.10 bits per heavy atom. The Kier molecular flexibility index (Phi) is 7.91. The number of ether oxygens (including phenoxy) is 1. The molecule has 0 bridgehead atoms. The Morgan fingerprint density at radius 2 is 1.80 bits per heavy atom. The molecule has 1 fully saturated rings. The molecule has 0 radical (unpaired) electrons. The van der Waals surface area contributed by atoms with E-state index in [0.717, 1.165) is 24.0 Å². The Labute approximate surface area is 175 Å². The van der Waals surface area contributed by atoms with E-state index in [9.17, 15) is 14.9 Å². The molecule has 158 valence electrons. The predicted molar refractivity (Wildman–Crippen MR) is 114 cm³/mol. The fourth-order valence-corrected chi connectivity index (χ4v) is 3.29. The number of rotatable bonds is 9. The van der Waals surface area contributed by atoms with Crippen LogP contribution in [0.25, 0.3) is 0 Å². The maximum Gasteiger partial charge on any atom is 0.269 e. The van der Waals surface area contributed by atoms with Crippen LogP contribution in [0.2, 0.25) is 0 Å². The molecule has 0 aliphatic heterocycles. The Morgan fingerprint density at radius 3 is 2.47 bits per heavy atom. The number of nitrogens with zero attached hydrogens (tertiary/aromatic N) is 2. The van der Waals surface area contributed by atoms with Crippen LogP contribution in [-0.2, 0) is 11.4 Å². The van der Waals surface area contributed by atoms with E-state index in [0.29, 0.717) is 18.4 Å². The molecule has 1 aliphatic rings. The summed E-state index contributed by atoms with van der Waals surface area (Å²) in [6.45, 7) is 0.590. The molecule has 1 amide bonds. The molecular formula is C22H26N4O4.